The summed E-state index contributed by atoms with van der Waals surface area (Å²) in [6, 6.07) is 7.50. The fourth-order valence-electron chi connectivity index (χ4n) is 2.93. The average molecular weight is 436 g/mol. The van der Waals surface area contributed by atoms with Crippen LogP contribution >= 0.6 is 0 Å². The molecule has 4 aromatic rings. The van der Waals surface area contributed by atoms with Crippen molar-refractivity contribution in [1.29, 1.82) is 0 Å². The molecule has 0 bridgehead atoms. The number of alkyl halides is 4. The highest BCUT2D eigenvalue weighted by molar-refractivity contribution is 6.03. The third-order valence-electron chi connectivity index (χ3n) is 4.28. The van der Waals surface area contributed by atoms with Gasteiger partial charge in [0.05, 0.1) is 18.4 Å². The van der Waals surface area contributed by atoms with Crippen molar-refractivity contribution in [3.05, 3.63) is 77.3 Å². The molecule has 0 unspecified atom stereocenters. The largest absolute Gasteiger partial charge is 0.318 e. The molecule has 1 N–H and O–H groups in total. The maximum absolute atomic E-state index is 13.3. The molecule has 0 fully saturated rings. The quantitative estimate of drug-likeness (QED) is 0.459. The summed E-state index contributed by atoms with van der Waals surface area (Å²) in [7, 11) is 0. The highest BCUT2D eigenvalue weighted by Gasteiger charge is 2.22. The number of fused-ring (bicyclic) bond motifs is 1. The van der Waals surface area contributed by atoms with Gasteiger partial charge in [0.15, 0.2) is 11.3 Å². The number of carbonyl (C=O) groups excluding carboxylic acids is 1. The number of amides is 1. The van der Waals surface area contributed by atoms with Gasteiger partial charge in [-0.3, -0.25) is 9.48 Å². The molecular weight excluding hydrogens is 423 g/mol. The van der Waals surface area contributed by atoms with Gasteiger partial charge in [-0.05, 0) is 23.8 Å². The molecule has 0 radical (unpaired) electrons. The fraction of sp³-hybridized carbons (Fsp3) is 0.158. The molecule has 3 aromatic heterocycles. The van der Waals surface area contributed by atoms with Gasteiger partial charge in [-0.1, -0.05) is 12.1 Å². The van der Waals surface area contributed by atoms with Gasteiger partial charge in [0.1, 0.15) is 17.2 Å². The van der Waals surface area contributed by atoms with Crippen molar-refractivity contribution in [2.75, 3.05) is 5.32 Å². The van der Waals surface area contributed by atoms with Crippen LogP contribution in [0.3, 0.4) is 0 Å². The lowest BCUT2D eigenvalue weighted by atomic mass is 10.2. The Balaban J connectivity index is 1.55. The molecule has 1 aromatic carbocycles. The van der Waals surface area contributed by atoms with Crippen molar-refractivity contribution >= 4 is 17.2 Å². The van der Waals surface area contributed by atoms with Crippen molar-refractivity contribution in [3.8, 4) is 0 Å². The zero-order valence-electron chi connectivity index (χ0n) is 15.5. The first-order chi connectivity index (χ1) is 14.8. The Morgan fingerprint density at radius 3 is 2.61 bits per heavy atom. The van der Waals surface area contributed by atoms with Crippen molar-refractivity contribution < 1.29 is 26.7 Å². The number of rotatable bonds is 6. The Hall–Kier alpha value is -3.83. The Morgan fingerprint density at radius 2 is 1.90 bits per heavy atom. The molecule has 3 heterocycles. The summed E-state index contributed by atoms with van der Waals surface area (Å²) < 4.78 is 67.7. The zero-order valence-corrected chi connectivity index (χ0v) is 15.5. The van der Waals surface area contributed by atoms with Gasteiger partial charge in [0.2, 0.25) is 0 Å². The molecule has 0 aliphatic heterocycles. The number of benzene rings is 1. The molecule has 0 aliphatic carbocycles. The molecule has 1 amide bonds. The van der Waals surface area contributed by atoms with E-state index in [4.69, 9.17) is 0 Å². The third-order valence-corrected chi connectivity index (χ3v) is 4.28. The summed E-state index contributed by atoms with van der Waals surface area (Å²) >= 11 is 0. The van der Waals surface area contributed by atoms with E-state index in [1.165, 1.54) is 29.2 Å². The van der Waals surface area contributed by atoms with Gasteiger partial charge in [-0.25, -0.2) is 31.5 Å². The molecule has 31 heavy (non-hydrogen) atoms. The average Bonchev–Trinajstić information content (AvgIpc) is 3.33. The molecule has 0 saturated heterocycles. The van der Waals surface area contributed by atoms with Crippen molar-refractivity contribution in [2.24, 2.45) is 0 Å². The molecule has 0 atom stereocenters. The molecular formula is C19H13F5N6O. The highest BCUT2D eigenvalue weighted by Crippen LogP contribution is 2.25. The first-order valence-corrected chi connectivity index (χ1v) is 8.85. The van der Waals surface area contributed by atoms with Crippen molar-refractivity contribution in [1.82, 2.24) is 24.4 Å². The van der Waals surface area contributed by atoms with Crippen LogP contribution in [0.1, 0.15) is 40.3 Å². The Kier molecular flexibility index (Phi) is 5.36. The van der Waals surface area contributed by atoms with Gasteiger partial charge in [0, 0.05) is 12.3 Å². The molecule has 0 aliphatic rings. The van der Waals surface area contributed by atoms with E-state index in [1.807, 2.05) is 0 Å². The standard InChI is InChI=1S/C19H13F5N6O/c20-11-3-1-2-10(4-11)8-29-9-12(7-25-29)26-19(31)14-6-16-27-13(17(21)22)5-15(18(23)24)30(16)28-14/h1-7,9,17-18H,8H2,(H,26,31). The number of halogens is 5. The SMILES string of the molecule is O=C(Nc1cnn(Cc2cccc(F)c2)c1)c1cc2nc(C(F)F)cc(C(F)F)n2n1. The Morgan fingerprint density at radius 1 is 1.10 bits per heavy atom. The fourth-order valence-corrected chi connectivity index (χ4v) is 2.93. The Labute approximate surface area is 171 Å². The van der Waals surface area contributed by atoms with Crippen LogP contribution in [0.2, 0.25) is 0 Å². The number of hydrogen-bond donors (Lipinski definition) is 1. The third kappa shape index (κ3) is 4.37. The van der Waals surface area contributed by atoms with E-state index in [0.717, 1.165) is 6.07 Å². The van der Waals surface area contributed by atoms with Gasteiger partial charge >= 0.3 is 0 Å². The lowest BCUT2D eigenvalue weighted by Gasteiger charge is -2.06. The second kappa shape index (κ2) is 8.13. The van der Waals surface area contributed by atoms with Crippen LogP contribution in [-0.2, 0) is 6.54 Å². The van der Waals surface area contributed by atoms with Gasteiger partial charge < -0.3 is 5.32 Å². The number of hydrogen-bond acceptors (Lipinski definition) is 4. The van der Waals surface area contributed by atoms with Crippen molar-refractivity contribution in [2.45, 2.75) is 19.4 Å². The number of nitrogens with one attached hydrogen (secondary N) is 1. The monoisotopic (exact) mass is 436 g/mol. The maximum Gasteiger partial charge on any atom is 0.280 e. The maximum atomic E-state index is 13.3. The summed E-state index contributed by atoms with van der Waals surface area (Å²) in [6.07, 6.45) is -3.33. The van der Waals surface area contributed by atoms with E-state index in [0.29, 0.717) is 16.1 Å². The summed E-state index contributed by atoms with van der Waals surface area (Å²) in [4.78, 5) is 16.0. The van der Waals surface area contributed by atoms with Crippen LogP contribution in [0.15, 0.2) is 48.8 Å². The van der Waals surface area contributed by atoms with Gasteiger partial charge in [-0.2, -0.15) is 10.2 Å². The van der Waals surface area contributed by atoms with E-state index in [2.05, 4.69) is 20.5 Å². The van der Waals surface area contributed by atoms with Crippen molar-refractivity contribution in [3.63, 3.8) is 0 Å². The van der Waals surface area contributed by atoms with E-state index in [1.54, 1.807) is 12.1 Å². The first kappa shape index (κ1) is 20.4. The lowest BCUT2D eigenvalue weighted by Crippen LogP contribution is -2.12. The molecule has 4 rings (SSSR count). The van der Waals surface area contributed by atoms with E-state index in [9.17, 15) is 26.7 Å². The summed E-state index contributed by atoms with van der Waals surface area (Å²) in [5.41, 5.74) is -1.31. The van der Waals surface area contributed by atoms with Crippen LogP contribution in [0.5, 0.6) is 0 Å². The molecule has 160 valence electrons. The minimum atomic E-state index is -3.10. The smallest absolute Gasteiger partial charge is 0.280 e. The molecule has 0 saturated carbocycles. The molecule has 0 spiro atoms. The minimum absolute atomic E-state index is 0.250. The minimum Gasteiger partial charge on any atom is -0.318 e. The normalized spacial score (nSPS) is 11.6. The second-order valence-corrected chi connectivity index (χ2v) is 6.52. The summed E-state index contributed by atoms with van der Waals surface area (Å²) in [6.45, 7) is 0.250. The van der Waals surface area contributed by atoms with Crippen LogP contribution in [-0.4, -0.2) is 30.3 Å². The number of carbonyl (C=O) groups is 1. The highest BCUT2D eigenvalue weighted by atomic mass is 19.3. The number of aromatic nitrogens is 5. The zero-order chi connectivity index (χ0) is 22.1. The van der Waals surface area contributed by atoms with Crippen LogP contribution in [0.25, 0.3) is 5.65 Å². The number of nitrogens with zero attached hydrogens (tertiary/aromatic N) is 5. The van der Waals surface area contributed by atoms with Gasteiger partial charge in [-0.15, -0.1) is 0 Å². The predicted octanol–water partition coefficient (Wildman–Crippen LogP) is 4.24. The van der Waals surface area contributed by atoms with Gasteiger partial charge in [0.25, 0.3) is 18.8 Å². The number of anilines is 1. The Bertz CT molecular complexity index is 1250. The second-order valence-electron chi connectivity index (χ2n) is 6.52. The molecule has 7 nitrogen and oxygen atoms in total. The van der Waals surface area contributed by atoms with Crippen LogP contribution in [0, 0.1) is 5.82 Å². The van der Waals surface area contributed by atoms with Crippen LogP contribution < -0.4 is 5.32 Å². The van der Waals surface area contributed by atoms with Crippen LogP contribution in [0.4, 0.5) is 27.6 Å². The topological polar surface area (TPSA) is 77.1 Å². The molecule has 12 heteroatoms. The summed E-state index contributed by atoms with van der Waals surface area (Å²) in [5.74, 6) is -1.16. The van der Waals surface area contributed by atoms with E-state index < -0.39 is 36.0 Å². The summed E-state index contributed by atoms with van der Waals surface area (Å²) in [5, 5.41) is 10.3. The van der Waals surface area contributed by atoms with E-state index >= 15 is 0 Å². The predicted molar refractivity (Wildman–Crippen MR) is 98.6 cm³/mol. The van der Waals surface area contributed by atoms with E-state index in [-0.39, 0.29) is 23.6 Å². The first-order valence-electron chi connectivity index (χ1n) is 8.85. The lowest BCUT2D eigenvalue weighted by molar-refractivity contribution is 0.102.